The van der Waals surface area contributed by atoms with Crippen LogP contribution in [0.3, 0.4) is 0 Å². The molecule has 12 heteroatoms. The zero-order chi connectivity index (χ0) is 20.9. The van der Waals surface area contributed by atoms with E-state index in [0.717, 1.165) is 18.3 Å². The van der Waals surface area contributed by atoms with E-state index in [-0.39, 0.29) is 13.1 Å². The van der Waals surface area contributed by atoms with Gasteiger partial charge in [0, 0.05) is 31.5 Å². The highest BCUT2D eigenvalue weighted by Gasteiger charge is 2.34. The van der Waals surface area contributed by atoms with Crippen molar-refractivity contribution in [3.05, 3.63) is 58.1 Å². The Morgan fingerprint density at radius 1 is 1.04 bits per heavy atom. The number of anilines is 1. The summed E-state index contributed by atoms with van der Waals surface area (Å²) < 4.78 is 77.0. The molecule has 2 heterocycles. The predicted octanol–water partition coefficient (Wildman–Crippen LogP) is 2.51. The zero-order valence-electron chi connectivity index (χ0n) is 14.1. The van der Waals surface area contributed by atoms with Gasteiger partial charge in [-0.3, -0.25) is 9.59 Å². The Kier molecular flexibility index (Phi) is 6.31. The van der Waals surface area contributed by atoms with Crippen LogP contribution in [0.25, 0.3) is 0 Å². The van der Waals surface area contributed by atoms with E-state index in [4.69, 9.17) is 0 Å². The van der Waals surface area contributed by atoms with Crippen LogP contribution in [0, 0.1) is 0 Å². The number of carbonyl (C=O) groups excluding carboxylic acids is 1. The lowest BCUT2D eigenvalue weighted by molar-refractivity contribution is -0.138. The fourth-order valence-electron chi connectivity index (χ4n) is 2.19. The molecule has 0 bridgehead atoms. The van der Waals surface area contributed by atoms with Gasteiger partial charge in [-0.1, -0.05) is 0 Å². The van der Waals surface area contributed by atoms with Gasteiger partial charge >= 0.3 is 12.4 Å². The summed E-state index contributed by atoms with van der Waals surface area (Å²) in [5.74, 6) is -1.20. The van der Waals surface area contributed by atoms with E-state index in [0.29, 0.717) is 22.9 Å². The minimum absolute atomic E-state index is 0.122. The Morgan fingerprint density at radius 2 is 1.75 bits per heavy atom. The maximum absolute atomic E-state index is 12.8. The van der Waals surface area contributed by atoms with Gasteiger partial charge in [-0.2, -0.15) is 26.3 Å². The molecule has 0 aliphatic carbocycles. The van der Waals surface area contributed by atoms with Crippen LogP contribution in [-0.2, 0) is 23.7 Å². The fraction of sp³-hybridized carbons (Fsp3) is 0.312. The van der Waals surface area contributed by atoms with Crippen molar-refractivity contribution in [2.24, 2.45) is 0 Å². The Morgan fingerprint density at radius 3 is 2.39 bits per heavy atom. The summed E-state index contributed by atoms with van der Waals surface area (Å²) in [6.45, 7) is -0.927. The third kappa shape index (κ3) is 5.72. The lowest BCUT2D eigenvalue weighted by Crippen LogP contribution is -2.35. The number of carbonyl (C=O) groups is 1. The molecule has 0 spiro atoms. The first-order valence-electron chi connectivity index (χ1n) is 7.79. The summed E-state index contributed by atoms with van der Waals surface area (Å²) in [6, 6.07) is 3.26. The van der Waals surface area contributed by atoms with Gasteiger partial charge in [-0.25, -0.2) is 4.98 Å². The van der Waals surface area contributed by atoms with E-state index in [9.17, 15) is 35.9 Å². The lowest BCUT2D eigenvalue weighted by atomic mass is 10.2. The third-order valence-electron chi connectivity index (χ3n) is 3.48. The molecule has 6 nitrogen and oxygen atoms in total. The average molecular weight is 408 g/mol. The smallest absolute Gasteiger partial charge is 0.368 e. The average Bonchev–Trinajstić information content (AvgIpc) is 2.59. The number of hydrogen-bond acceptors (Lipinski definition) is 4. The van der Waals surface area contributed by atoms with Gasteiger partial charge in [0.15, 0.2) is 0 Å². The van der Waals surface area contributed by atoms with E-state index in [2.05, 4.69) is 15.6 Å². The molecule has 0 fully saturated rings. The van der Waals surface area contributed by atoms with Gasteiger partial charge in [0.2, 0.25) is 5.91 Å². The van der Waals surface area contributed by atoms with Crippen molar-refractivity contribution >= 4 is 11.7 Å². The summed E-state index contributed by atoms with van der Waals surface area (Å²) in [7, 11) is 0. The van der Waals surface area contributed by atoms with Crippen molar-refractivity contribution in [3.63, 3.8) is 0 Å². The van der Waals surface area contributed by atoms with E-state index in [1.165, 1.54) is 0 Å². The topological polar surface area (TPSA) is 76.0 Å². The zero-order valence-corrected chi connectivity index (χ0v) is 14.1. The van der Waals surface area contributed by atoms with Crippen molar-refractivity contribution in [1.29, 1.82) is 0 Å². The van der Waals surface area contributed by atoms with Crippen LogP contribution >= 0.6 is 0 Å². The molecule has 0 aliphatic heterocycles. The third-order valence-corrected chi connectivity index (χ3v) is 3.48. The quantitative estimate of drug-likeness (QED) is 0.569. The molecule has 0 atom stereocenters. The molecule has 0 radical (unpaired) electrons. The molecule has 0 unspecified atom stereocenters. The molecule has 2 rings (SSSR count). The molecule has 0 aromatic carbocycles. The molecule has 2 aromatic heterocycles. The van der Waals surface area contributed by atoms with E-state index in [1.807, 2.05) is 0 Å². The first-order chi connectivity index (χ1) is 13.0. The number of halogens is 6. The maximum Gasteiger partial charge on any atom is 0.419 e. The normalized spacial score (nSPS) is 11.9. The minimum Gasteiger partial charge on any atom is -0.368 e. The van der Waals surface area contributed by atoms with Crippen LogP contribution in [0.5, 0.6) is 0 Å². The molecule has 2 aromatic rings. The summed E-state index contributed by atoms with van der Waals surface area (Å²) in [5, 5.41) is 4.71. The van der Waals surface area contributed by atoms with Crippen molar-refractivity contribution in [2.75, 3.05) is 18.4 Å². The Labute approximate surface area is 154 Å². The second-order valence-corrected chi connectivity index (χ2v) is 5.56. The molecular formula is C16H14F6N4O2. The number of amides is 1. The van der Waals surface area contributed by atoms with E-state index >= 15 is 0 Å². The van der Waals surface area contributed by atoms with Crippen molar-refractivity contribution in [3.8, 4) is 0 Å². The van der Waals surface area contributed by atoms with Crippen LogP contribution in [0.15, 0.2) is 41.5 Å². The number of pyridine rings is 2. The number of alkyl halides is 6. The predicted molar refractivity (Wildman–Crippen MR) is 86.4 cm³/mol. The summed E-state index contributed by atoms with van der Waals surface area (Å²) in [4.78, 5) is 26.9. The number of rotatable bonds is 6. The van der Waals surface area contributed by atoms with Gasteiger partial charge in [-0.05, 0) is 18.2 Å². The largest absolute Gasteiger partial charge is 0.419 e. The van der Waals surface area contributed by atoms with Crippen LogP contribution in [0.1, 0.15) is 11.1 Å². The van der Waals surface area contributed by atoms with Gasteiger partial charge in [-0.15, -0.1) is 0 Å². The number of nitrogens with one attached hydrogen (secondary N) is 2. The van der Waals surface area contributed by atoms with Crippen LogP contribution in [0.4, 0.5) is 32.2 Å². The Hall–Kier alpha value is -3.05. The summed E-state index contributed by atoms with van der Waals surface area (Å²) in [6.07, 6.45) is -7.60. The monoisotopic (exact) mass is 408 g/mol. The van der Waals surface area contributed by atoms with Gasteiger partial charge in [0.25, 0.3) is 5.56 Å². The molecule has 28 heavy (non-hydrogen) atoms. The van der Waals surface area contributed by atoms with E-state index < -0.39 is 47.3 Å². The first kappa shape index (κ1) is 21.3. The molecule has 0 saturated heterocycles. The fourth-order valence-corrected chi connectivity index (χ4v) is 2.19. The van der Waals surface area contributed by atoms with Gasteiger partial charge in [0.1, 0.15) is 12.4 Å². The Balaban J connectivity index is 1.90. The standard InChI is InChI=1S/C16H14F6N4O2/c17-15(18,19)10-3-4-13(28)26(8-10)9-12(27)23-6-7-25-14-11(16(20,21)22)2-1-5-24-14/h1-5,8H,6-7,9H2,(H,23,27)(H,24,25). The number of hydrogen-bond donors (Lipinski definition) is 2. The van der Waals surface area contributed by atoms with Crippen LogP contribution < -0.4 is 16.2 Å². The van der Waals surface area contributed by atoms with Gasteiger partial charge < -0.3 is 15.2 Å². The van der Waals surface area contributed by atoms with Gasteiger partial charge in [0.05, 0.1) is 11.1 Å². The number of nitrogens with zero attached hydrogens (tertiary/aromatic N) is 2. The summed E-state index contributed by atoms with van der Waals surface area (Å²) >= 11 is 0. The summed E-state index contributed by atoms with van der Waals surface area (Å²) in [5.41, 5.74) is -2.86. The number of aromatic nitrogens is 2. The molecule has 2 N–H and O–H groups in total. The van der Waals surface area contributed by atoms with E-state index in [1.54, 1.807) is 0 Å². The highest BCUT2D eigenvalue weighted by atomic mass is 19.4. The van der Waals surface area contributed by atoms with Crippen molar-refractivity contribution in [2.45, 2.75) is 18.9 Å². The van der Waals surface area contributed by atoms with Crippen molar-refractivity contribution < 1.29 is 31.1 Å². The molecule has 0 aliphatic rings. The second-order valence-electron chi connectivity index (χ2n) is 5.56. The highest BCUT2D eigenvalue weighted by molar-refractivity contribution is 5.75. The van der Waals surface area contributed by atoms with Crippen LogP contribution in [-0.4, -0.2) is 28.5 Å². The van der Waals surface area contributed by atoms with Crippen LogP contribution in [0.2, 0.25) is 0 Å². The molecule has 0 saturated carbocycles. The molecule has 1 amide bonds. The maximum atomic E-state index is 12.8. The second kappa shape index (κ2) is 8.31. The molecule has 152 valence electrons. The minimum atomic E-state index is -4.67. The SMILES string of the molecule is O=C(Cn1cc(C(F)(F)F)ccc1=O)NCCNc1ncccc1C(F)(F)F. The first-order valence-corrected chi connectivity index (χ1v) is 7.79. The highest BCUT2D eigenvalue weighted by Crippen LogP contribution is 2.33. The Bertz CT molecular complexity index is 892. The molecular weight excluding hydrogens is 394 g/mol. The van der Waals surface area contributed by atoms with Crippen molar-refractivity contribution in [1.82, 2.24) is 14.9 Å². The lowest BCUT2D eigenvalue weighted by Gasteiger charge is -2.14.